The lowest BCUT2D eigenvalue weighted by molar-refractivity contribution is -0.123. The SMILES string of the molecule is CC1CCCC(NC(=O)CN2CCN(C(=O)c3n[nH]c4c3CNCC4)CC2)C1.Cl. The molecule has 1 aliphatic carbocycles. The van der Waals surface area contributed by atoms with Crippen LogP contribution < -0.4 is 10.6 Å². The molecule has 8 nitrogen and oxygen atoms in total. The number of nitrogens with zero attached hydrogens (tertiary/aromatic N) is 3. The Labute approximate surface area is 178 Å². The Morgan fingerprint density at radius 3 is 2.76 bits per heavy atom. The second-order valence-corrected chi connectivity index (χ2v) is 8.56. The molecular weight excluding hydrogens is 392 g/mol. The summed E-state index contributed by atoms with van der Waals surface area (Å²) in [5, 5.41) is 13.8. The van der Waals surface area contributed by atoms with Crippen molar-refractivity contribution in [3.05, 3.63) is 17.0 Å². The van der Waals surface area contributed by atoms with Gasteiger partial charge in [0.2, 0.25) is 5.91 Å². The van der Waals surface area contributed by atoms with Crippen LogP contribution in [-0.4, -0.2) is 77.1 Å². The Hall–Kier alpha value is -1.64. The van der Waals surface area contributed by atoms with Gasteiger partial charge in [0.15, 0.2) is 5.69 Å². The number of nitrogens with one attached hydrogen (secondary N) is 3. The van der Waals surface area contributed by atoms with E-state index in [0.717, 1.165) is 50.2 Å². The summed E-state index contributed by atoms with van der Waals surface area (Å²) in [4.78, 5) is 29.3. The number of rotatable bonds is 4. The summed E-state index contributed by atoms with van der Waals surface area (Å²) in [6.07, 6.45) is 5.56. The van der Waals surface area contributed by atoms with E-state index in [1.165, 1.54) is 12.8 Å². The minimum absolute atomic E-state index is 0. The average molecular weight is 425 g/mol. The van der Waals surface area contributed by atoms with Gasteiger partial charge in [-0.2, -0.15) is 5.10 Å². The predicted molar refractivity (Wildman–Crippen MR) is 113 cm³/mol. The molecule has 2 unspecified atom stereocenters. The number of piperazine rings is 1. The molecule has 1 aromatic rings. The summed E-state index contributed by atoms with van der Waals surface area (Å²) in [6.45, 7) is 7.05. The van der Waals surface area contributed by atoms with Gasteiger partial charge in [-0.1, -0.05) is 19.8 Å². The number of aromatic nitrogens is 2. The van der Waals surface area contributed by atoms with Crippen molar-refractivity contribution in [1.29, 1.82) is 0 Å². The summed E-state index contributed by atoms with van der Waals surface area (Å²) >= 11 is 0. The van der Waals surface area contributed by atoms with E-state index in [0.29, 0.717) is 43.8 Å². The van der Waals surface area contributed by atoms with Crippen molar-refractivity contribution in [3.8, 4) is 0 Å². The molecule has 1 aromatic heterocycles. The second-order valence-electron chi connectivity index (χ2n) is 8.56. The zero-order chi connectivity index (χ0) is 19.5. The summed E-state index contributed by atoms with van der Waals surface area (Å²) in [6, 6.07) is 0.332. The average Bonchev–Trinajstić information content (AvgIpc) is 3.12. The highest BCUT2D eigenvalue weighted by Crippen LogP contribution is 2.23. The van der Waals surface area contributed by atoms with Gasteiger partial charge in [-0.05, 0) is 18.8 Å². The van der Waals surface area contributed by atoms with E-state index in [1.54, 1.807) is 0 Å². The first-order valence-corrected chi connectivity index (χ1v) is 10.7. The van der Waals surface area contributed by atoms with Gasteiger partial charge in [-0.15, -0.1) is 12.4 Å². The van der Waals surface area contributed by atoms with E-state index in [-0.39, 0.29) is 24.2 Å². The van der Waals surface area contributed by atoms with E-state index >= 15 is 0 Å². The molecule has 4 rings (SSSR count). The van der Waals surface area contributed by atoms with Crippen LogP contribution >= 0.6 is 12.4 Å². The third-order valence-corrected chi connectivity index (χ3v) is 6.34. The number of carbonyl (C=O) groups is 2. The Morgan fingerprint density at radius 1 is 1.21 bits per heavy atom. The maximum Gasteiger partial charge on any atom is 0.274 e. The molecule has 2 fully saturated rings. The summed E-state index contributed by atoms with van der Waals surface area (Å²) in [7, 11) is 0. The van der Waals surface area contributed by atoms with Crippen molar-refractivity contribution in [2.24, 2.45) is 5.92 Å². The summed E-state index contributed by atoms with van der Waals surface area (Å²) < 4.78 is 0. The first kappa shape index (κ1) is 22.1. The van der Waals surface area contributed by atoms with Gasteiger partial charge in [0.25, 0.3) is 5.91 Å². The molecule has 2 amide bonds. The zero-order valence-electron chi connectivity index (χ0n) is 17.2. The fraction of sp³-hybridized carbons (Fsp3) is 0.750. The maximum absolute atomic E-state index is 12.9. The third-order valence-electron chi connectivity index (χ3n) is 6.34. The topological polar surface area (TPSA) is 93.4 Å². The van der Waals surface area contributed by atoms with Crippen LogP contribution in [0, 0.1) is 5.92 Å². The van der Waals surface area contributed by atoms with Crippen LogP contribution in [0.25, 0.3) is 0 Å². The van der Waals surface area contributed by atoms with E-state index < -0.39 is 0 Å². The Balaban J connectivity index is 0.00000240. The molecule has 0 spiro atoms. The van der Waals surface area contributed by atoms with Crippen LogP contribution in [0.2, 0.25) is 0 Å². The number of aromatic amines is 1. The highest BCUT2D eigenvalue weighted by atomic mass is 35.5. The number of hydrogen-bond acceptors (Lipinski definition) is 5. The number of carbonyl (C=O) groups excluding carboxylic acids is 2. The quantitative estimate of drug-likeness (QED) is 0.668. The van der Waals surface area contributed by atoms with Crippen molar-refractivity contribution in [2.45, 2.75) is 51.6 Å². The molecule has 29 heavy (non-hydrogen) atoms. The maximum atomic E-state index is 12.9. The van der Waals surface area contributed by atoms with Crippen molar-refractivity contribution < 1.29 is 9.59 Å². The Morgan fingerprint density at radius 2 is 2.00 bits per heavy atom. The van der Waals surface area contributed by atoms with Crippen molar-refractivity contribution >= 4 is 24.2 Å². The van der Waals surface area contributed by atoms with Gasteiger partial charge >= 0.3 is 0 Å². The lowest BCUT2D eigenvalue weighted by Crippen LogP contribution is -2.52. The first-order valence-electron chi connectivity index (χ1n) is 10.7. The second kappa shape index (κ2) is 9.91. The van der Waals surface area contributed by atoms with Crippen LogP contribution in [0.5, 0.6) is 0 Å². The van der Waals surface area contributed by atoms with E-state index in [4.69, 9.17) is 0 Å². The molecule has 2 atom stereocenters. The van der Waals surface area contributed by atoms with Crippen LogP contribution in [0.3, 0.4) is 0 Å². The summed E-state index contributed by atoms with van der Waals surface area (Å²) in [5.41, 5.74) is 2.65. The lowest BCUT2D eigenvalue weighted by atomic mass is 9.87. The summed E-state index contributed by atoms with van der Waals surface area (Å²) in [5.74, 6) is 0.824. The molecule has 2 aliphatic heterocycles. The number of H-pyrrole nitrogens is 1. The molecule has 162 valence electrons. The number of fused-ring (bicyclic) bond motifs is 1. The molecule has 0 aromatic carbocycles. The van der Waals surface area contributed by atoms with Gasteiger partial charge in [0.1, 0.15) is 0 Å². The standard InChI is InChI=1S/C20H32N6O2.ClH/c1-14-3-2-4-15(11-14)22-18(27)13-25-7-9-26(10-8-25)20(28)19-16-12-21-6-5-17(16)23-24-19;/h14-15,21H,2-13H2,1H3,(H,22,27)(H,23,24);1H. The van der Waals surface area contributed by atoms with Gasteiger partial charge < -0.3 is 15.5 Å². The molecule has 3 heterocycles. The minimum atomic E-state index is 0. The van der Waals surface area contributed by atoms with Crippen molar-refractivity contribution in [2.75, 3.05) is 39.3 Å². The van der Waals surface area contributed by atoms with Gasteiger partial charge in [-0.25, -0.2) is 0 Å². The van der Waals surface area contributed by atoms with Crippen LogP contribution in [0.15, 0.2) is 0 Å². The largest absolute Gasteiger partial charge is 0.352 e. The van der Waals surface area contributed by atoms with Gasteiger partial charge in [0.05, 0.1) is 6.54 Å². The molecule has 1 saturated carbocycles. The van der Waals surface area contributed by atoms with E-state index in [1.807, 2.05) is 4.90 Å². The molecular formula is C20H33ClN6O2. The smallest absolute Gasteiger partial charge is 0.274 e. The Bertz CT molecular complexity index is 716. The highest BCUT2D eigenvalue weighted by Gasteiger charge is 2.29. The molecule has 0 bridgehead atoms. The normalized spacial score (nSPS) is 25.1. The zero-order valence-corrected chi connectivity index (χ0v) is 18.0. The van der Waals surface area contributed by atoms with Crippen LogP contribution in [0.1, 0.15) is 54.4 Å². The van der Waals surface area contributed by atoms with Crippen LogP contribution in [0.4, 0.5) is 0 Å². The first-order chi connectivity index (χ1) is 13.6. The molecule has 3 aliphatic rings. The molecule has 0 radical (unpaired) electrons. The van der Waals surface area contributed by atoms with Gasteiger partial charge in [-0.3, -0.25) is 19.6 Å². The van der Waals surface area contributed by atoms with E-state index in [2.05, 4.69) is 32.7 Å². The minimum Gasteiger partial charge on any atom is -0.352 e. The van der Waals surface area contributed by atoms with Crippen LogP contribution in [-0.2, 0) is 17.8 Å². The molecule has 3 N–H and O–H groups in total. The molecule has 1 saturated heterocycles. The molecule has 9 heteroatoms. The number of halogens is 1. The van der Waals surface area contributed by atoms with Crippen molar-refractivity contribution in [3.63, 3.8) is 0 Å². The number of amides is 2. The monoisotopic (exact) mass is 424 g/mol. The fourth-order valence-electron chi connectivity index (χ4n) is 4.70. The van der Waals surface area contributed by atoms with E-state index in [9.17, 15) is 9.59 Å². The fourth-order valence-corrected chi connectivity index (χ4v) is 4.70. The number of hydrogen-bond donors (Lipinski definition) is 3. The highest BCUT2D eigenvalue weighted by molar-refractivity contribution is 5.94. The van der Waals surface area contributed by atoms with Crippen molar-refractivity contribution in [1.82, 2.24) is 30.6 Å². The third kappa shape index (κ3) is 5.29. The predicted octanol–water partition coefficient (Wildman–Crippen LogP) is 0.930. The lowest BCUT2D eigenvalue weighted by Gasteiger charge is -2.35. The Kier molecular flexibility index (Phi) is 7.54. The van der Waals surface area contributed by atoms with Gasteiger partial charge in [0, 0.05) is 63.0 Å².